The summed E-state index contributed by atoms with van der Waals surface area (Å²) >= 11 is 6.65. The van der Waals surface area contributed by atoms with Gasteiger partial charge in [0.2, 0.25) is 0 Å². The minimum Gasteiger partial charge on any atom is -0.508 e. The first kappa shape index (κ1) is 19.0. The fourth-order valence-corrected chi connectivity index (χ4v) is 4.47. The van der Waals surface area contributed by atoms with E-state index in [1.165, 1.54) is 10.9 Å². The number of nitrogens with zero attached hydrogens (tertiary/aromatic N) is 2. The van der Waals surface area contributed by atoms with Crippen LogP contribution in [0.15, 0.2) is 66.9 Å². The lowest BCUT2D eigenvalue weighted by atomic mass is 10.1. The van der Waals surface area contributed by atoms with Gasteiger partial charge in [-0.25, -0.2) is 0 Å². The third-order valence-electron chi connectivity index (χ3n) is 5.59. The van der Waals surface area contributed by atoms with Gasteiger partial charge in [0, 0.05) is 42.5 Å². The van der Waals surface area contributed by atoms with E-state index in [1.54, 1.807) is 6.07 Å². The van der Waals surface area contributed by atoms with Gasteiger partial charge in [-0.3, -0.25) is 4.90 Å². The predicted octanol–water partition coefficient (Wildman–Crippen LogP) is 5.69. The van der Waals surface area contributed by atoms with Crippen LogP contribution in [0.2, 0.25) is 5.02 Å². The Morgan fingerprint density at radius 3 is 2.83 bits per heavy atom. The van der Waals surface area contributed by atoms with E-state index in [-0.39, 0.29) is 0 Å². The van der Waals surface area contributed by atoms with Crippen molar-refractivity contribution in [3.63, 3.8) is 0 Å². The number of phenols is 1. The molecule has 0 bridgehead atoms. The van der Waals surface area contributed by atoms with E-state index >= 15 is 0 Å². The fraction of sp³-hybridized carbons (Fsp3) is 0.200. The summed E-state index contributed by atoms with van der Waals surface area (Å²) in [4.78, 5) is 2.32. The minimum absolute atomic E-state index is 0.291. The second kappa shape index (κ2) is 7.71. The number of aromatic hydroxyl groups is 1. The summed E-state index contributed by atoms with van der Waals surface area (Å²) < 4.78 is 8.19. The molecule has 5 rings (SSSR count). The van der Waals surface area contributed by atoms with Gasteiger partial charge in [-0.2, -0.15) is 0 Å². The molecule has 0 atom stereocenters. The zero-order valence-corrected chi connectivity index (χ0v) is 17.6. The average molecular weight is 419 g/mol. The predicted molar refractivity (Wildman–Crippen MR) is 121 cm³/mol. The topological polar surface area (TPSA) is 37.6 Å². The number of rotatable bonds is 3. The number of aryl methyl sites for hydroxylation is 1. The lowest BCUT2D eigenvalue weighted by molar-refractivity contribution is 0.219. The van der Waals surface area contributed by atoms with Gasteiger partial charge in [-0.05, 0) is 55.0 Å². The molecule has 2 heterocycles. The number of phenolic OH excluding ortho intramolecular Hbond substituents is 1. The van der Waals surface area contributed by atoms with Crippen molar-refractivity contribution in [1.29, 1.82) is 0 Å². The lowest BCUT2D eigenvalue weighted by Gasteiger charge is -2.20. The van der Waals surface area contributed by atoms with E-state index in [4.69, 9.17) is 16.3 Å². The Balaban J connectivity index is 1.50. The number of ether oxygens (including phenoxy) is 1. The van der Waals surface area contributed by atoms with Crippen molar-refractivity contribution < 1.29 is 9.84 Å². The maximum atomic E-state index is 9.77. The van der Waals surface area contributed by atoms with Crippen molar-refractivity contribution in [1.82, 2.24) is 9.47 Å². The summed E-state index contributed by atoms with van der Waals surface area (Å²) in [5.41, 5.74) is 5.58. The normalized spacial score (nSPS) is 14.3. The Hall–Kier alpha value is -2.95. The van der Waals surface area contributed by atoms with Gasteiger partial charge in [0.05, 0.1) is 10.5 Å². The molecule has 0 fully saturated rings. The number of halogens is 1. The van der Waals surface area contributed by atoms with Gasteiger partial charge >= 0.3 is 0 Å². The number of hydrogen-bond acceptors (Lipinski definition) is 3. The zero-order chi connectivity index (χ0) is 20.7. The molecule has 1 N–H and O–H groups in total. The van der Waals surface area contributed by atoms with E-state index in [9.17, 15) is 5.11 Å². The van der Waals surface area contributed by atoms with Crippen LogP contribution in [0, 0.1) is 6.92 Å². The number of benzene rings is 3. The third kappa shape index (κ3) is 3.64. The van der Waals surface area contributed by atoms with Gasteiger partial charge in [-0.1, -0.05) is 35.4 Å². The molecule has 0 aliphatic carbocycles. The van der Waals surface area contributed by atoms with Crippen LogP contribution < -0.4 is 4.74 Å². The maximum Gasteiger partial charge on any atom is 0.142 e. The highest BCUT2D eigenvalue weighted by molar-refractivity contribution is 6.32. The first-order chi connectivity index (χ1) is 14.6. The molecule has 0 radical (unpaired) electrons. The van der Waals surface area contributed by atoms with Gasteiger partial charge in [0.25, 0.3) is 0 Å². The summed E-state index contributed by atoms with van der Waals surface area (Å²) in [5.74, 6) is 1.06. The molecule has 1 aliphatic rings. The van der Waals surface area contributed by atoms with Crippen molar-refractivity contribution in [3.05, 3.63) is 88.6 Å². The van der Waals surface area contributed by atoms with Crippen LogP contribution in [0.4, 0.5) is 0 Å². The molecule has 0 amide bonds. The summed E-state index contributed by atoms with van der Waals surface area (Å²) in [6.45, 7) is 4.95. The Labute approximate surface area is 180 Å². The molecule has 3 aromatic carbocycles. The van der Waals surface area contributed by atoms with Crippen molar-refractivity contribution >= 4 is 22.5 Å². The molecule has 4 aromatic rings. The van der Waals surface area contributed by atoms with E-state index in [0.717, 1.165) is 47.7 Å². The largest absolute Gasteiger partial charge is 0.508 e. The Morgan fingerprint density at radius 2 is 1.97 bits per heavy atom. The van der Waals surface area contributed by atoms with Gasteiger partial charge in [0.1, 0.15) is 18.1 Å². The molecule has 0 saturated carbocycles. The SMILES string of the molecule is Cc1ccc2c(ccn2-c2cc(Cl)c3c(c2)CN(Cc2cccc(O)c2)CCO3)c1. The quantitative estimate of drug-likeness (QED) is 0.464. The molecule has 1 aliphatic heterocycles. The van der Waals surface area contributed by atoms with Crippen LogP contribution in [0.25, 0.3) is 16.6 Å². The molecule has 0 saturated heterocycles. The maximum absolute atomic E-state index is 9.77. The van der Waals surface area contributed by atoms with Gasteiger partial charge in [-0.15, -0.1) is 0 Å². The molecule has 1 aromatic heterocycles. The third-order valence-corrected chi connectivity index (χ3v) is 5.87. The van der Waals surface area contributed by atoms with E-state index < -0.39 is 0 Å². The first-order valence-corrected chi connectivity index (χ1v) is 10.5. The van der Waals surface area contributed by atoms with Crippen LogP contribution in [0.1, 0.15) is 16.7 Å². The average Bonchev–Trinajstić information content (AvgIpc) is 3.01. The van der Waals surface area contributed by atoms with Crippen LogP contribution in [-0.4, -0.2) is 27.7 Å². The minimum atomic E-state index is 0.291. The van der Waals surface area contributed by atoms with Crippen molar-refractivity contribution in [2.45, 2.75) is 20.0 Å². The molecular formula is C25H23ClN2O2. The van der Waals surface area contributed by atoms with Crippen LogP contribution in [0.5, 0.6) is 11.5 Å². The van der Waals surface area contributed by atoms with Crippen LogP contribution in [0.3, 0.4) is 0 Å². The smallest absolute Gasteiger partial charge is 0.142 e. The Morgan fingerprint density at radius 1 is 1.07 bits per heavy atom. The highest BCUT2D eigenvalue weighted by atomic mass is 35.5. The van der Waals surface area contributed by atoms with E-state index in [1.807, 2.05) is 24.3 Å². The molecular weight excluding hydrogens is 396 g/mol. The van der Waals surface area contributed by atoms with Crippen molar-refractivity contribution in [2.24, 2.45) is 0 Å². The van der Waals surface area contributed by atoms with Crippen molar-refractivity contribution in [2.75, 3.05) is 13.2 Å². The first-order valence-electron chi connectivity index (χ1n) is 10.1. The molecule has 4 nitrogen and oxygen atoms in total. The fourth-order valence-electron chi connectivity index (χ4n) is 4.18. The van der Waals surface area contributed by atoms with Gasteiger partial charge in [0.15, 0.2) is 0 Å². The molecule has 0 spiro atoms. The summed E-state index contributed by atoms with van der Waals surface area (Å²) in [7, 11) is 0. The van der Waals surface area contributed by atoms with E-state index in [0.29, 0.717) is 17.4 Å². The van der Waals surface area contributed by atoms with Gasteiger partial charge < -0.3 is 14.4 Å². The second-order valence-electron chi connectivity index (χ2n) is 7.89. The summed E-state index contributed by atoms with van der Waals surface area (Å²) in [6, 6.07) is 20.2. The second-order valence-corrected chi connectivity index (χ2v) is 8.30. The highest BCUT2D eigenvalue weighted by Crippen LogP contribution is 2.35. The Kier molecular flexibility index (Phi) is 4.89. The Bertz CT molecular complexity index is 1230. The number of aromatic nitrogens is 1. The van der Waals surface area contributed by atoms with Crippen LogP contribution >= 0.6 is 11.6 Å². The van der Waals surface area contributed by atoms with Crippen molar-refractivity contribution in [3.8, 4) is 17.2 Å². The molecule has 152 valence electrons. The lowest BCUT2D eigenvalue weighted by Crippen LogP contribution is -2.25. The molecule has 0 unspecified atom stereocenters. The van der Waals surface area contributed by atoms with E-state index in [2.05, 4.69) is 52.9 Å². The summed E-state index contributed by atoms with van der Waals surface area (Å²) in [6.07, 6.45) is 2.09. The number of fused-ring (bicyclic) bond motifs is 2. The number of hydrogen-bond donors (Lipinski definition) is 1. The van der Waals surface area contributed by atoms with Crippen LogP contribution in [-0.2, 0) is 13.1 Å². The molecule has 30 heavy (non-hydrogen) atoms. The zero-order valence-electron chi connectivity index (χ0n) is 16.8. The summed E-state index contributed by atoms with van der Waals surface area (Å²) in [5, 5.41) is 11.6. The highest BCUT2D eigenvalue weighted by Gasteiger charge is 2.20. The monoisotopic (exact) mass is 418 g/mol. The molecule has 5 heteroatoms. The standard InChI is InChI=1S/C25H23ClN2O2/c1-17-5-6-24-19(11-17)7-8-28(24)21-13-20-16-27(9-10-30-25(20)23(26)14-21)15-18-3-2-4-22(29)12-18/h2-8,11-14,29H,9-10,15-16H2,1H3.